The normalized spacial score (nSPS) is 20.2. The molecule has 0 radical (unpaired) electrons. The van der Waals surface area contributed by atoms with Gasteiger partial charge >= 0.3 is 5.97 Å². The first kappa shape index (κ1) is 15.9. The summed E-state index contributed by atoms with van der Waals surface area (Å²) in [6, 6.07) is 6.13. The van der Waals surface area contributed by atoms with Crippen LogP contribution in [-0.4, -0.2) is 51.6 Å². The van der Waals surface area contributed by atoms with Gasteiger partial charge < -0.3 is 9.47 Å². The van der Waals surface area contributed by atoms with E-state index in [0.717, 1.165) is 5.56 Å². The average Bonchev–Trinajstić information content (AvgIpc) is 2.48. The van der Waals surface area contributed by atoms with Crippen LogP contribution >= 0.6 is 0 Å². The Bertz CT molecular complexity index is 596. The molecule has 1 atom stereocenters. The van der Waals surface area contributed by atoms with Gasteiger partial charge in [-0.3, -0.25) is 4.79 Å². The molecule has 0 aliphatic carbocycles. The third-order valence-corrected chi connectivity index (χ3v) is 5.44. The number of hydrogen-bond donors (Lipinski definition) is 0. The maximum Gasteiger partial charge on any atom is 0.309 e. The van der Waals surface area contributed by atoms with Gasteiger partial charge in [-0.25, -0.2) is 8.42 Å². The SMILES string of the molecule is COC(=O)Cc1ccc(S(=O)(=O)N2CCOC[C@H]2C)cc1. The van der Waals surface area contributed by atoms with Crippen molar-refractivity contribution in [2.75, 3.05) is 26.9 Å². The van der Waals surface area contributed by atoms with Crippen molar-refractivity contribution in [3.8, 4) is 0 Å². The third kappa shape index (κ3) is 3.61. The highest BCUT2D eigenvalue weighted by atomic mass is 32.2. The van der Waals surface area contributed by atoms with E-state index in [2.05, 4.69) is 4.74 Å². The fourth-order valence-corrected chi connectivity index (χ4v) is 3.82. The number of hydrogen-bond acceptors (Lipinski definition) is 5. The van der Waals surface area contributed by atoms with Crippen LogP contribution in [0.3, 0.4) is 0 Å². The van der Waals surface area contributed by atoms with E-state index in [4.69, 9.17) is 4.74 Å². The molecule has 0 saturated carbocycles. The highest BCUT2D eigenvalue weighted by Crippen LogP contribution is 2.21. The van der Waals surface area contributed by atoms with E-state index in [-0.39, 0.29) is 23.3 Å². The molecule has 0 amide bonds. The number of benzene rings is 1. The van der Waals surface area contributed by atoms with Crippen molar-refractivity contribution in [2.45, 2.75) is 24.3 Å². The van der Waals surface area contributed by atoms with Gasteiger partial charge in [-0.2, -0.15) is 4.31 Å². The third-order valence-electron chi connectivity index (χ3n) is 3.41. The summed E-state index contributed by atoms with van der Waals surface area (Å²) in [6.45, 7) is 2.99. The molecule has 1 fully saturated rings. The fraction of sp³-hybridized carbons (Fsp3) is 0.500. The van der Waals surface area contributed by atoms with Crippen LogP contribution in [0.25, 0.3) is 0 Å². The lowest BCUT2D eigenvalue weighted by molar-refractivity contribution is -0.139. The second-order valence-electron chi connectivity index (χ2n) is 4.94. The highest BCUT2D eigenvalue weighted by molar-refractivity contribution is 7.89. The number of ether oxygens (including phenoxy) is 2. The van der Waals surface area contributed by atoms with Gasteiger partial charge in [-0.05, 0) is 24.6 Å². The molecule has 116 valence electrons. The van der Waals surface area contributed by atoms with Crippen molar-refractivity contribution in [3.05, 3.63) is 29.8 Å². The lowest BCUT2D eigenvalue weighted by atomic mass is 10.2. The largest absolute Gasteiger partial charge is 0.469 e. The van der Waals surface area contributed by atoms with Crippen molar-refractivity contribution in [3.63, 3.8) is 0 Å². The standard InChI is InChI=1S/C14H19NO5S/c1-11-10-20-8-7-15(11)21(17,18)13-5-3-12(4-6-13)9-14(16)19-2/h3-6,11H,7-10H2,1-2H3/t11-/m1/s1. The molecule has 21 heavy (non-hydrogen) atoms. The molecular weight excluding hydrogens is 294 g/mol. The smallest absolute Gasteiger partial charge is 0.309 e. The number of rotatable bonds is 4. The van der Waals surface area contributed by atoms with E-state index in [1.165, 1.54) is 23.5 Å². The number of carbonyl (C=O) groups is 1. The zero-order chi connectivity index (χ0) is 15.5. The number of esters is 1. The summed E-state index contributed by atoms with van der Waals surface area (Å²) in [4.78, 5) is 11.4. The van der Waals surface area contributed by atoms with E-state index >= 15 is 0 Å². The number of sulfonamides is 1. The maximum absolute atomic E-state index is 12.6. The van der Waals surface area contributed by atoms with Gasteiger partial charge in [0.05, 0.1) is 31.6 Å². The Morgan fingerprint density at radius 3 is 2.62 bits per heavy atom. The van der Waals surface area contributed by atoms with Gasteiger partial charge in [0.2, 0.25) is 10.0 Å². The summed E-state index contributed by atoms with van der Waals surface area (Å²) < 4.78 is 36.4. The molecule has 0 unspecified atom stereocenters. The van der Waals surface area contributed by atoms with Crippen molar-refractivity contribution < 1.29 is 22.7 Å². The number of morpholine rings is 1. The summed E-state index contributed by atoms with van der Waals surface area (Å²) in [5.41, 5.74) is 0.718. The monoisotopic (exact) mass is 313 g/mol. The number of nitrogens with zero attached hydrogens (tertiary/aromatic N) is 1. The highest BCUT2D eigenvalue weighted by Gasteiger charge is 2.31. The van der Waals surface area contributed by atoms with Crippen LogP contribution in [0.5, 0.6) is 0 Å². The topological polar surface area (TPSA) is 72.9 Å². The lowest BCUT2D eigenvalue weighted by Crippen LogP contribution is -2.46. The van der Waals surface area contributed by atoms with Gasteiger partial charge in [-0.15, -0.1) is 0 Å². The average molecular weight is 313 g/mol. The van der Waals surface area contributed by atoms with Gasteiger partial charge in [0.25, 0.3) is 0 Å². The first-order chi connectivity index (χ1) is 9.95. The fourth-order valence-electron chi connectivity index (χ4n) is 2.22. The van der Waals surface area contributed by atoms with Gasteiger partial charge in [0, 0.05) is 12.6 Å². The predicted molar refractivity (Wildman–Crippen MR) is 76.3 cm³/mol. The second-order valence-corrected chi connectivity index (χ2v) is 6.83. The molecule has 1 aliphatic rings. The molecule has 1 aliphatic heterocycles. The van der Waals surface area contributed by atoms with E-state index in [0.29, 0.717) is 19.8 Å². The Kier molecular flexibility index (Phi) is 4.97. The minimum atomic E-state index is -3.52. The van der Waals surface area contributed by atoms with Crippen LogP contribution in [0.15, 0.2) is 29.2 Å². The molecule has 0 spiro atoms. The van der Waals surface area contributed by atoms with E-state index in [1.807, 2.05) is 6.92 Å². The summed E-state index contributed by atoms with van der Waals surface area (Å²) in [5, 5.41) is 0. The van der Waals surface area contributed by atoms with Crippen LogP contribution in [-0.2, 0) is 30.7 Å². The molecule has 2 rings (SSSR count). The van der Waals surface area contributed by atoms with E-state index in [9.17, 15) is 13.2 Å². The summed E-state index contributed by atoms with van der Waals surface area (Å²) in [7, 11) is -2.20. The van der Waals surface area contributed by atoms with Crippen LogP contribution in [0.1, 0.15) is 12.5 Å². The summed E-state index contributed by atoms with van der Waals surface area (Å²) in [6.07, 6.45) is 0.130. The quantitative estimate of drug-likeness (QED) is 0.769. The zero-order valence-electron chi connectivity index (χ0n) is 12.1. The zero-order valence-corrected chi connectivity index (χ0v) is 12.9. The molecule has 0 N–H and O–H groups in total. The van der Waals surface area contributed by atoms with Gasteiger partial charge in [0.1, 0.15) is 0 Å². The predicted octanol–water partition coefficient (Wildman–Crippen LogP) is 0.811. The minimum absolute atomic E-state index is 0.130. The second kappa shape index (κ2) is 6.55. The van der Waals surface area contributed by atoms with Crippen LogP contribution < -0.4 is 0 Å². The van der Waals surface area contributed by atoms with E-state index < -0.39 is 10.0 Å². The number of methoxy groups -OCH3 is 1. The molecule has 6 nitrogen and oxygen atoms in total. The first-order valence-electron chi connectivity index (χ1n) is 6.70. The molecule has 0 aromatic heterocycles. The maximum atomic E-state index is 12.6. The van der Waals surface area contributed by atoms with Gasteiger partial charge in [0.15, 0.2) is 0 Å². The van der Waals surface area contributed by atoms with Crippen LogP contribution in [0.2, 0.25) is 0 Å². The summed E-state index contributed by atoms with van der Waals surface area (Å²) >= 11 is 0. The Morgan fingerprint density at radius 1 is 1.38 bits per heavy atom. The van der Waals surface area contributed by atoms with Crippen molar-refractivity contribution >= 4 is 16.0 Å². The molecule has 7 heteroatoms. The van der Waals surface area contributed by atoms with Crippen LogP contribution in [0.4, 0.5) is 0 Å². The molecule has 1 aromatic carbocycles. The molecule has 0 bridgehead atoms. The molecule has 1 heterocycles. The van der Waals surface area contributed by atoms with E-state index in [1.54, 1.807) is 12.1 Å². The number of carbonyl (C=O) groups excluding carboxylic acids is 1. The van der Waals surface area contributed by atoms with Crippen molar-refractivity contribution in [1.29, 1.82) is 0 Å². The Morgan fingerprint density at radius 2 is 2.05 bits per heavy atom. The lowest BCUT2D eigenvalue weighted by Gasteiger charge is -2.32. The Labute approximate surface area is 124 Å². The Balaban J connectivity index is 2.18. The summed E-state index contributed by atoms with van der Waals surface area (Å²) in [5.74, 6) is -0.354. The molecule has 1 aromatic rings. The van der Waals surface area contributed by atoms with Crippen molar-refractivity contribution in [2.24, 2.45) is 0 Å². The molecular formula is C14H19NO5S. The van der Waals surface area contributed by atoms with Gasteiger partial charge in [-0.1, -0.05) is 12.1 Å². The van der Waals surface area contributed by atoms with Crippen molar-refractivity contribution in [1.82, 2.24) is 4.31 Å². The Hall–Kier alpha value is -1.44. The minimum Gasteiger partial charge on any atom is -0.469 e. The molecule has 1 saturated heterocycles. The van der Waals surface area contributed by atoms with Crippen LogP contribution in [0, 0.1) is 0 Å². The first-order valence-corrected chi connectivity index (χ1v) is 8.14.